The van der Waals surface area contributed by atoms with Crippen LogP contribution in [0.15, 0.2) is 169 Å². The van der Waals surface area contributed by atoms with Crippen molar-refractivity contribution in [3.05, 3.63) is 164 Å². The summed E-state index contributed by atoms with van der Waals surface area (Å²) in [5.41, 5.74) is 8.98. The second-order valence-corrected chi connectivity index (χ2v) is 10.3. The van der Waals surface area contributed by atoms with Gasteiger partial charge in [0.1, 0.15) is 0 Å². The summed E-state index contributed by atoms with van der Waals surface area (Å²) in [4.78, 5) is 5.79. The Labute approximate surface area is 243 Å². The highest BCUT2D eigenvalue weighted by Crippen LogP contribution is 2.36. The Morgan fingerprint density at radius 3 is 1.80 bits per heavy atom. The van der Waals surface area contributed by atoms with Crippen LogP contribution in [0.1, 0.15) is 12.8 Å². The van der Waals surface area contributed by atoms with Crippen LogP contribution >= 0.6 is 11.8 Å². The predicted octanol–water partition coefficient (Wildman–Crippen LogP) is 10.8. The van der Waals surface area contributed by atoms with Crippen LogP contribution < -0.4 is 9.80 Å². The Kier molecular flexibility index (Phi) is 8.85. The number of hydrogen-bond acceptors (Lipinski definition) is 3. The van der Waals surface area contributed by atoms with E-state index in [1.54, 1.807) is 17.8 Å². The van der Waals surface area contributed by atoms with Crippen LogP contribution in [0.4, 0.5) is 22.7 Å². The Morgan fingerprint density at radius 1 is 0.700 bits per heavy atom. The molecular weight excluding hydrogens is 504 g/mol. The normalized spacial score (nSPS) is 12.9. The van der Waals surface area contributed by atoms with Gasteiger partial charge >= 0.3 is 0 Å². The molecule has 0 aliphatic heterocycles. The van der Waals surface area contributed by atoms with Crippen molar-refractivity contribution in [2.75, 3.05) is 16.1 Å². The molecule has 3 heteroatoms. The lowest BCUT2D eigenvalue weighted by Crippen LogP contribution is -2.16. The van der Waals surface area contributed by atoms with Crippen molar-refractivity contribution in [3.63, 3.8) is 0 Å². The molecule has 198 valence electrons. The van der Waals surface area contributed by atoms with Gasteiger partial charge in [-0.3, -0.25) is 0 Å². The highest BCUT2D eigenvalue weighted by molar-refractivity contribution is 7.98. The van der Waals surface area contributed by atoms with Crippen molar-refractivity contribution in [1.29, 1.82) is 0 Å². The molecule has 0 heterocycles. The third kappa shape index (κ3) is 6.06. The largest absolute Gasteiger partial charge is 0.311 e. The first-order valence-corrected chi connectivity index (χ1v) is 14.8. The molecule has 0 spiro atoms. The topological polar surface area (TPSA) is 6.48 Å². The summed E-state index contributed by atoms with van der Waals surface area (Å²) in [6, 6.07) is 36.7. The summed E-state index contributed by atoms with van der Waals surface area (Å²) >= 11 is 1.76. The molecule has 0 fully saturated rings. The van der Waals surface area contributed by atoms with Crippen LogP contribution in [0.25, 0.3) is 11.1 Å². The van der Waals surface area contributed by atoms with Gasteiger partial charge in [0.2, 0.25) is 0 Å². The van der Waals surface area contributed by atoms with Crippen LogP contribution in [0.3, 0.4) is 0 Å². The molecule has 1 aliphatic rings. The number of hydrogen-bond donors (Lipinski definition) is 0. The molecule has 0 bridgehead atoms. The van der Waals surface area contributed by atoms with Gasteiger partial charge in [-0.1, -0.05) is 73.9 Å². The number of anilines is 4. The molecule has 4 aromatic rings. The molecule has 0 atom stereocenters. The van der Waals surface area contributed by atoms with E-state index in [4.69, 9.17) is 0 Å². The van der Waals surface area contributed by atoms with Crippen molar-refractivity contribution in [2.45, 2.75) is 17.7 Å². The molecule has 0 saturated heterocycles. The number of allylic oxidation sites excluding steroid dienone is 6. The fraction of sp³-hybridized carbons (Fsp3) is 0.0811. The van der Waals surface area contributed by atoms with Gasteiger partial charge in [-0.2, -0.15) is 0 Å². The summed E-state index contributed by atoms with van der Waals surface area (Å²) in [6.45, 7) is 7.92. The summed E-state index contributed by atoms with van der Waals surface area (Å²) in [7, 11) is 0. The second-order valence-electron chi connectivity index (χ2n) is 9.44. The quantitative estimate of drug-likeness (QED) is 0.146. The van der Waals surface area contributed by atoms with Gasteiger partial charge < -0.3 is 9.80 Å². The number of thioether (sulfide) groups is 1. The van der Waals surface area contributed by atoms with Crippen LogP contribution in [-0.4, -0.2) is 6.26 Å². The van der Waals surface area contributed by atoms with Gasteiger partial charge in [0.05, 0.1) is 0 Å². The molecule has 2 nitrogen and oxygen atoms in total. The summed E-state index contributed by atoms with van der Waals surface area (Å²) in [5, 5.41) is 0. The average Bonchev–Trinajstić information content (AvgIpc) is 3.03. The lowest BCUT2D eigenvalue weighted by Gasteiger charge is -2.28. The standard InChI is InChI=1S/C37H34N2S/c1-4-12-31(5-2)38(32-13-8-6-9-14-32)34-21-17-29(18-22-34)30-19-23-35(24-20-30)39(33-15-10-7-11-16-33)36-25-27-37(40-3)28-26-36/h4-6,8-10,12-28H,1-2,7,11H2,3H3/b31-12+. The molecule has 0 N–H and O–H groups in total. The minimum atomic E-state index is 0.968. The molecule has 0 saturated carbocycles. The van der Waals surface area contributed by atoms with E-state index in [1.165, 1.54) is 27.4 Å². The average molecular weight is 539 g/mol. The van der Waals surface area contributed by atoms with Crippen LogP contribution in [0, 0.1) is 0 Å². The molecule has 0 unspecified atom stereocenters. The fourth-order valence-corrected chi connectivity index (χ4v) is 5.34. The zero-order valence-corrected chi connectivity index (χ0v) is 23.7. The van der Waals surface area contributed by atoms with Crippen LogP contribution in [0.5, 0.6) is 0 Å². The Bertz CT molecular complexity index is 1530. The Morgan fingerprint density at radius 2 is 1.27 bits per heavy atom. The second kappa shape index (κ2) is 13.1. The first-order chi connectivity index (χ1) is 19.7. The van der Waals surface area contributed by atoms with Gasteiger partial charge in [0, 0.05) is 39.0 Å². The van der Waals surface area contributed by atoms with Crippen molar-refractivity contribution < 1.29 is 0 Å². The fourth-order valence-electron chi connectivity index (χ4n) is 4.93. The zero-order valence-electron chi connectivity index (χ0n) is 22.9. The molecule has 1 aliphatic carbocycles. The van der Waals surface area contributed by atoms with Crippen molar-refractivity contribution in [3.8, 4) is 11.1 Å². The number of nitrogens with zero attached hydrogens (tertiary/aromatic N) is 2. The van der Waals surface area contributed by atoms with E-state index in [9.17, 15) is 0 Å². The molecule has 0 radical (unpaired) electrons. The van der Waals surface area contributed by atoms with Crippen molar-refractivity contribution >= 4 is 34.5 Å². The van der Waals surface area contributed by atoms with E-state index in [0.29, 0.717) is 0 Å². The SMILES string of the molecule is C=C/C=C(\C=C)N(c1ccccc1)c1ccc(-c2ccc(N(C3=CCCC=C3)c3ccc(SC)cc3)cc2)cc1. The summed E-state index contributed by atoms with van der Waals surface area (Å²) in [6.07, 6.45) is 16.7. The first-order valence-electron chi connectivity index (χ1n) is 13.5. The van der Waals surface area contributed by atoms with E-state index < -0.39 is 0 Å². The van der Waals surface area contributed by atoms with Gasteiger partial charge in [-0.05, 0) is 109 Å². The van der Waals surface area contributed by atoms with Gasteiger partial charge in [-0.15, -0.1) is 11.8 Å². The monoisotopic (exact) mass is 538 g/mol. The van der Waals surface area contributed by atoms with E-state index >= 15 is 0 Å². The lowest BCUT2D eigenvalue weighted by molar-refractivity contribution is 0.997. The Balaban J connectivity index is 1.45. The minimum absolute atomic E-state index is 0.968. The maximum atomic E-state index is 4.03. The summed E-state index contributed by atoms with van der Waals surface area (Å²) < 4.78 is 0. The van der Waals surface area contributed by atoms with E-state index in [-0.39, 0.29) is 0 Å². The van der Waals surface area contributed by atoms with E-state index in [0.717, 1.165) is 35.6 Å². The number of benzene rings is 4. The molecule has 5 rings (SSSR count). The van der Waals surface area contributed by atoms with E-state index in [1.807, 2.05) is 30.4 Å². The van der Waals surface area contributed by atoms with Crippen LogP contribution in [-0.2, 0) is 0 Å². The Hall–Kier alpha value is -4.47. The molecule has 0 aromatic heterocycles. The lowest BCUT2D eigenvalue weighted by atomic mass is 10.0. The van der Waals surface area contributed by atoms with Crippen LogP contribution in [0.2, 0.25) is 0 Å². The van der Waals surface area contributed by atoms with Gasteiger partial charge in [0.15, 0.2) is 0 Å². The highest BCUT2D eigenvalue weighted by atomic mass is 32.2. The first kappa shape index (κ1) is 27.1. The molecule has 4 aromatic carbocycles. The van der Waals surface area contributed by atoms with Gasteiger partial charge in [-0.25, -0.2) is 0 Å². The van der Waals surface area contributed by atoms with Gasteiger partial charge in [0.25, 0.3) is 0 Å². The molecular formula is C37H34N2S. The predicted molar refractivity (Wildman–Crippen MR) is 176 cm³/mol. The smallest absolute Gasteiger partial charge is 0.0462 e. The number of rotatable bonds is 10. The third-order valence-electron chi connectivity index (χ3n) is 6.92. The molecule has 40 heavy (non-hydrogen) atoms. The highest BCUT2D eigenvalue weighted by Gasteiger charge is 2.15. The number of para-hydroxylation sites is 1. The maximum absolute atomic E-state index is 4.03. The maximum Gasteiger partial charge on any atom is 0.0462 e. The molecule has 0 amide bonds. The minimum Gasteiger partial charge on any atom is -0.311 e. The summed E-state index contributed by atoms with van der Waals surface area (Å²) in [5.74, 6) is 0. The van der Waals surface area contributed by atoms with Crippen molar-refractivity contribution in [2.24, 2.45) is 0 Å². The third-order valence-corrected chi connectivity index (χ3v) is 7.66. The van der Waals surface area contributed by atoms with Crippen molar-refractivity contribution in [1.82, 2.24) is 0 Å². The zero-order chi connectivity index (χ0) is 27.7. The van der Waals surface area contributed by atoms with E-state index in [2.05, 4.69) is 132 Å².